The number of benzene rings is 1. The number of aromatic nitrogens is 2. The first-order chi connectivity index (χ1) is 15.1. The van der Waals surface area contributed by atoms with Crippen molar-refractivity contribution < 1.29 is 14.1 Å². The number of guanidine groups is 1. The summed E-state index contributed by atoms with van der Waals surface area (Å²) >= 11 is 0. The maximum absolute atomic E-state index is 12.9. The first-order valence-electron chi connectivity index (χ1n) is 10.1. The number of nitrogens with zero attached hydrogens (tertiary/aromatic N) is 6. The Hall–Kier alpha value is -3.88. The first-order valence-corrected chi connectivity index (χ1v) is 10.1. The molecule has 3 aliphatic rings. The summed E-state index contributed by atoms with van der Waals surface area (Å²) in [6, 6.07) is 7.17. The maximum atomic E-state index is 12.9. The fourth-order valence-electron chi connectivity index (χ4n) is 3.77. The van der Waals surface area contributed by atoms with E-state index >= 15 is 0 Å². The minimum atomic E-state index is -0.379. The molecular weight excluding hydrogens is 396 g/mol. The van der Waals surface area contributed by atoms with Gasteiger partial charge in [0, 0.05) is 44.2 Å². The van der Waals surface area contributed by atoms with Crippen molar-refractivity contribution in [3.8, 4) is 11.4 Å². The van der Waals surface area contributed by atoms with Crippen molar-refractivity contribution in [1.29, 1.82) is 0 Å². The van der Waals surface area contributed by atoms with E-state index in [0.29, 0.717) is 55.1 Å². The Morgan fingerprint density at radius 2 is 1.84 bits per heavy atom. The molecule has 2 aliphatic heterocycles. The zero-order chi connectivity index (χ0) is 21.4. The highest BCUT2D eigenvalue weighted by Crippen LogP contribution is 2.20. The number of aliphatic imine (C=N–C) groups is 2. The first kappa shape index (κ1) is 19.1. The van der Waals surface area contributed by atoms with Gasteiger partial charge in [0.25, 0.3) is 11.8 Å². The number of carbonyl (C=O) groups is 2. The molecule has 9 nitrogen and oxygen atoms in total. The van der Waals surface area contributed by atoms with E-state index in [-0.39, 0.29) is 17.7 Å². The molecule has 1 atom stereocenters. The van der Waals surface area contributed by atoms with Gasteiger partial charge in [-0.25, -0.2) is 4.99 Å². The van der Waals surface area contributed by atoms with Crippen LogP contribution in [0.2, 0.25) is 0 Å². The maximum Gasteiger partial charge on any atom is 0.261 e. The van der Waals surface area contributed by atoms with Crippen LogP contribution in [0.5, 0.6) is 0 Å². The molecule has 1 aromatic heterocycles. The molecule has 2 amide bonds. The molecule has 3 heterocycles. The van der Waals surface area contributed by atoms with Crippen LogP contribution in [0.15, 0.2) is 63.1 Å². The van der Waals surface area contributed by atoms with Crippen LogP contribution in [0.1, 0.15) is 16.2 Å². The van der Waals surface area contributed by atoms with E-state index in [4.69, 9.17) is 4.52 Å². The molecule has 0 saturated carbocycles. The van der Waals surface area contributed by atoms with E-state index in [1.54, 1.807) is 24.0 Å². The zero-order valence-electron chi connectivity index (χ0n) is 16.9. The number of aryl methyl sites for hydroxylation is 1. The minimum Gasteiger partial charge on any atom is -0.339 e. The van der Waals surface area contributed by atoms with E-state index in [1.165, 1.54) is 0 Å². The third-order valence-electron chi connectivity index (χ3n) is 5.47. The van der Waals surface area contributed by atoms with E-state index < -0.39 is 0 Å². The van der Waals surface area contributed by atoms with Crippen molar-refractivity contribution in [2.45, 2.75) is 6.92 Å². The Morgan fingerprint density at radius 1 is 1.06 bits per heavy atom. The third kappa shape index (κ3) is 3.70. The lowest BCUT2D eigenvalue weighted by atomic mass is 9.97. The summed E-state index contributed by atoms with van der Waals surface area (Å²) in [5.41, 5.74) is 2.11. The molecule has 1 aromatic carbocycles. The normalized spacial score (nSPS) is 20.4. The molecule has 156 valence electrons. The van der Waals surface area contributed by atoms with E-state index in [0.717, 1.165) is 5.56 Å². The number of hydrogen-bond acceptors (Lipinski definition) is 7. The highest BCUT2D eigenvalue weighted by atomic mass is 16.5. The summed E-state index contributed by atoms with van der Waals surface area (Å²) in [5.74, 6) is 0.813. The number of amides is 2. The molecule has 0 bridgehead atoms. The summed E-state index contributed by atoms with van der Waals surface area (Å²) in [6.07, 6.45) is 7.36. The van der Waals surface area contributed by atoms with E-state index in [9.17, 15) is 9.59 Å². The van der Waals surface area contributed by atoms with E-state index in [1.807, 2.05) is 41.3 Å². The van der Waals surface area contributed by atoms with Crippen LogP contribution in [0, 0.1) is 12.8 Å². The van der Waals surface area contributed by atoms with E-state index in [2.05, 4.69) is 20.1 Å². The molecule has 5 rings (SSSR count). The number of allylic oxidation sites excluding steroid dienone is 3. The second kappa shape index (κ2) is 7.75. The molecule has 1 aliphatic carbocycles. The van der Waals surface area contributed by atoms with Crippen LogP contribution in [-0.4, -0.2) is 69.6 Å². The molecule has 1 fully saturated rings. The van der Waals surface area contributed by atoms with Crippen molar-refractivity contribution >= 4 is 23.5 Å². The van der Waals surface area contributed by atoms with Crippen LogP contribution < -0.4 is 0 Å². The Morgan fingerprint density at radius 3 is 2.55 bits per heavy atom. The zero-order valence-corrected chi connectivity index (χ0v) is 16.9. The second-order valence-electron chi connectivity index (χ2n) is 7.50. The predicted molar refractivity (Wildman–Crippen MR) is 114 cm³/mol. The Kier molecular flexibility index (Phi) is 4.78. The van der Waals surface area contributed by atoms with Gasteiger partial charge in [0.15, 0.2) is 0 Å². The van der Waals surface area contributed by atoms with Crippen LogP contribution in [0.25, 0.3) is 11.4 Å². The monoisotopic (exact) mass is 416 g/mol. The lowest BCUT2D eigenvalue weighted by Gasteiger charge is -2.36. The van der Waals surface area contributed by atoms with Gasteiger partial charge >= 0.3 is 0 Å². The highest BCUT2D eigenvalue weighted by molar-refractivity contribution is 6.21. The van der Waals surface area contributed by atoms with Gasteiger partial charge in [0.05, 0.1) is 5.71 Å². The fourth-order valence-corrected chi connectivity index (χ4v) is 3.77. The highest BCUT2D eigenvalue weighted by Gasteiger charge is 2.30. The SMILES string of the molecule is Cc1nc(-c2ccc(C(=O)N3CCN(C4=NC(=O)C5C=CC=CC5=N4)CC3)cc2)no1. The van der Waals surface area contributed by atoms with Crippen molar-refractivity contribution in [2.24, 2.45) is 15.9 Å². The molecule has 0 radical (unpaired) electrons. The third-order valence-corrected chi connectivity index (χ3v) is 5.47. The topological polar surface area (TPSA) is 104 Å². The molecule has 31 heavy (non-hydrogen) atoms. The lowest BCUT2D eigenvalue weighted by molar-refractivity contribution is -0.118. The summed E-state index contributed by atoms with van der Waals surface area (Å²) in [4.78, 5) is 41.9. The Bertz CT molecular complexity index is 1150. The summed E-state index contributed by atoms with van der Waals surface area (Å²) < 4.78 is 5.00. The molecule has 2 aromatic rings. The molecule has 9 heteroatoms. The number of piperazine rings is 1. The van der Waals surface area contributed by atoms with Crippen LogP contribution in [0.3, 0.4) is 0 Å². The number of carbonyl (C=O) groups excluding carboxylic acids is 2. The van der Waals surface area contributed by atoms with Crippen molar-refractivity contribution in [3.63, 3.8) is 0 Å². The molecule has 0 N–H and O–H groups in total. The predicted octanol–water partition coefficient (Wildman–Crippen LogP) is 1.88. The van der Waals surface area contributed by atoms with Crippen molar-refractivity contribution in [3.05, 3.63) is 60.0 Å². The van der Waals surface area contributed by atoms with Crippen molar-refractivity contribution in [2.75, 3.05) is 26.2 Å². The average Bonchev–Trinajstić information content (AvgIpc) is 3.25. The van der Waals surface area contributed by atoms with Gasteiger partial charge in [-0.1, -0.05) is 35.5 Å². The van der Waals surface area contributed by atoms with Gasteiger partial charge in [0.1, 0.15) is 5.92 Å². The number of hydrogen-bond donors (Lipinski definition) is 0. The number of rotatable bonds is 2. The smallest absolute Gasteiger partial charge is 0.261 e. The second-order valence-corrected chi connectivity index (χ2v) is 7.50. The van der Waals surface area contributed by atoms with Crippen LogP contribution in [-0.2, 0) is 4.79 Å². The molecular formula is C22H20N6O3. The summed E-state index contributed by atoms with van der Waals surface area (Å²) in [7, 11) is 0. The summed E-state index contributed by atoms with van der Waals surface area (Å²) in [5, 5.41) is 3.89. The molecule has 1 saturated heterocycles. The van der Waals surface area contributed by atoms with Crippen molar-refractivity contribution in [1.82, 2.24) is 19.9 Å². The van der Waals surface area contributed by atoms with Gasteiger partial charge in [-0.05, 0) is 18.2 Å². The largest absolute Gasteiger partial charge is 0.339 e. The summed E-state index contributed by atoms with van der Waals surface area (Å²) in [6.45, 7) is 3.93. The fraction of sp³-hybridized carbons (Fsp3) is 0.273. The number of fused-ring (bicyclic) bond motifs is 1. The van der Waals surface area contributed by atoms with Crippen LogP contribution in [0.4, 0.5) is 0 Å². The van der Waals surface area contributed by atoms with Gasteiger partial charge in [-0.15, -0.1) is 0 Å². The quantitative estimate of drug-likeness (QED) is 0.740. The molecule has 1 unspecified atom stereocenters. The van der Waals surface area contributed by atoms with Gasteiger partial charge in [0.2, 0.25) is 17.7 Å². The van der Waals surface area contributed by atoms with Gasteiger partial charge < -0.3 is 14.3 Å². The van der Waals surface area contributed by atoms with Gasteiger partial charge in [-0.3, -0.25) is 9.59 Å². The van der Waals surface area contributed by atoms with Crippen LogP contribution >= 0.6 is 0 Å². The standard InChI is InChI=1S/C22H20N6O3/c1-14-23-19(26-31-14)15-6-8-16(9-7-15)21(30)27-10-12-28(13-11-27)22-24-18-5-3-2-4-17(18)20(29)25-22/h2-9,17H,10-13H2,1H3. The molecule has 0 spiro atoms. The Balaban J connectivity index is 1.23. The minimum absolute atomic E-state index is 0.0381. The average molecular weight is 416 g/mol. The Labute approximate surface area is 178 Å². The van der Waals surface area contributed by atoms with Gasteiger partial charge in [-0.2, -0.15) is 9.98 Å². The lowest BCUT2D eigenvalue weighted by Crippen LogP contribution is -2.51.